The van der Waals surface area contributed by atoms with Crippen LogP contribution in [0, 0.1) is 13.8 Å². The molecule has 0 spiro atoms. The van der Waals surface area contributed by atoms with Crippen molar-refractivity contribution in [2.75, 3.05) is 4.72 Å². The normalized spacial score (nSPS) is 11.8. The number of rotatable bonds is 6. The number of amides is 1. The van der Waals surface area contributed by atoms with Gasteiger partial charge in [0.05, 0.1) is 16.1 Å². The van der Waals surface area contributed by atoms with E-state index in [1.165, 1.54) is 36.4 Å². The highest BCUT2D eigenvalue weighted by Crippen LogP contribution is 2.29. The monoisotopic (exact) mass is 462 g/mol. The Labute approximate surface area is 184 Å². The summed E-state index contributed by atoms with van der Waals surface area (Å²) in [6, 6.07) is 15.5. The van der Waals surface area contributed by atoms with Crippen LogP contribution >= 0.6 is 0 Å². The van der Waals surface area contributed by atoms with E-state index in [1.54, 1.807) is 25.1 Å². The van der Waals surface area contributed by atoms with Gasteiger partial charge in [0.1, 0.15) is 0 Å². The lowest BCUT2D eigenvalue weighted by Crippen LogP contribution is -2.23. The summed E-state index contributed by atoms with van der Waals surface area (Å²) in [7, 11) is -3.86. The number of hydrogen-bond donors (Lipinski definition) is 2. The van der Waals surface area contributed by atoms with Gasteiger partial charge in [0, 0.05) is 12.1 Å². The molecule has 9 heteroatoms. The van der Waals surface area contributed by atoms with E-state index in [2.05, 4.69) is 10.0 Å². The number of anilines is 1. The molecule has 0 unspecified atom stereocenters. The zero-order valence-electron chi connectivity index (χ0n) is 17.3. The van der Waals surface area contributed by atoms with Crippen LogP contribution in [0.3, 0.4) is 0 Å². The number of hydrogen-bond acceptors (Lipinski definition) is 3. The quantitative estimate of drug-likeness (QED) is 0.538. The Morgan fingerprint density at radius 3 is 2.28 bits per heavy atom. The second-order valence-corrected chi connectivity index (χ2v) is 9.01. The first-order valence-corrected chi connectivity index (χ1v) is 11.1. The number of benzene rings is 3. The second kappa shape index (κ2) is 9.04. The number of sulfonamides is 1. The summed E-state index contributed by atoms with van der Waals surface area (Å²) in [5.74, 6) is -0.543. The Morgan fingerprint density at radius 1 is 0.938 bits per heavy atom. The van der Waals surface area contributed by atoms with Crippen LogP contribution in [-0.2, 0) is 22.7 Å². The fourth-order valence-corrected chi connectivity index (χ4v) is 4.06. The average molecular weight is 462 g/mol. The van der Waals surface area contributed by atoms with E-state index in [0.29, 0.717) is 11.1 Å². The standard InChI is InChI=1S/C23H21F3N2O3S/c1-15-6-10-20(11-7-15)32(30,31)28-21-13-18(9-8-16(21)2)22(29)27-14-17-4-3-5-19(12-17)23(24,25)26/h3-13,28H,14H2,1-2H3,(H,27,29). The van der Waals surface area contributed by atoms with Gasteiger partial charge in [0.2, 0.25) is 0 Å². The van der Waals surface area contributed by atoms with Crippen LogP contribution in [0.1, 0.15) is 32.6 Å². The molecule has 0 atom stereocenters. The van der Waals surface area contributed by atoms with Crippen molar-refractivity contribution in [3.05, 3.63) is 94.5 Å². The molecule has 1 amide bonds. The van der Waals surface area contributed by atoms with Crippen LogP contribution in [-0.4, -0.2) is 14.3 Å². The molecular weight excluding hydrogens is 441 g/mol. The molecule has 0 aliphatic carbocycles. The lowest BCUT2D eigenvalue weighted by Gasteiger charge is -2.13. The van der Waals surface area contributed by atoms with Crippen LogP contribution in [0.25, 0.3) is 0 Å². The maximum Gasteiger partial charge on any atom is 0.416 e. The lowest BCUT2D eigenvalue weighted by atomic mass is 10.1. The molecule has 0 saturated heterocycles. The van der Waals surface area contributed by atoms with Crippen LogP contribution in [0.5, 0.6) is 0 Å². The van der Waals surface area contributed by atoms with Gasteiger partial charge in [-0.2, -0.15) is 13.2 Å². The minimum Gasteiger partial charge on any atom is -0.348 e. The summed E-state index contributed by atoms with van der Waals surface area (Å²) in [6.45, 7) is 3.42. The van der Waals surface area contributed by atoms with Gasteiger partial charge in [0.25, 0.3) is 15.9 Å². The van der Waals surface area contributed by atoms with E-state index in [0.717, 1.165) is 17.7 Å². The third kappa shape index (κ3) is 5.67. The molecule has 0 saturated carbocycles. The van der Waals surface area contributed by atoms with Gasteiger partial charge in [-0.15, -0.1) is 0 Å². The molecule has 32 heavy (non-hydrogen) atoms. The van der Waals surface area contributed by atoms with E-state index >= 15 is 0 Å². The maximum absolute atomic E-state index is 12.8. The number of aryl methyl sites for hydroxylation is 2. The molecule has 0 bridgehead atoms. The topological polar surface area (TPSA) is 75.3 Å². The van der Waals surface area contributed by atoms with Crippen molar-refractivity contribution in [1.29, 1.82) is 0 Å². The van der Waals surface area contributed by atoms with Gasteiger partial charge in [-0.3, -0.25) is 9.52 Å². The summed E-state index contributed by atoms with van der Waals surface area (Å²) >= 11 is 0. The maximum atomic E-state index is 12.8. The summed E-state index contributed by atoms with van der Waals surface area (Å²) < 4.78 is 66.4. The molecule has 2 N–H and O–H groups in total. The highest BCUT2D eigenvalue weighted by molar-refractivity contribution is 7.92. The summed E-state index contributed by atoms with van der Waals surface area (Å²) in [5, 5.41) is 2.56. The summed E-state index contributed by atoms with van der Waals surface area (Å²) in [5.41, 5.74) is 1.42. The number of carbonyl (C=O) groups is 1. The molecule has 0 aliphatic rings. The molecule has 0 aromatic heterocycles. The Hall–Kier alpha value is -3.33. The number of alkyl halides is 3. The number of halogens is 3. The fourth-order valence-electron chi connectivity index (χ4n) is 2.94. The fraction of sp³-hybridized carbons (Fsp3) is 0.174. The van der Waals surface area contributed by atoms with Gasteiger partial charge in [-0.25, -0.2) is 8.42 Å². The average Bonchev–Trinajstić information content (AvgIpc) is 2.73. The van der Waals surface area contributed by atoms with Crippen molar-refractivity contribution in [2.45, 2.75) is 31.5 Å². The van der Waals surface area contributed by atoms with Crippen molar-refractivity contribution in [3.63, 3.8) is 0 Å². The SMILES string of the molecule is Cc1ccc(S(=O)(=O)Nc2cc(C(=O)NCc3cccc(C(F)(F)F)c3)ccc2C)cc1. The molecule has 5 nitrogen and oxygen atoms in total. The van der Waals surface area contributed by atoms with Crippen LogP contribution in [0.2, 0.25) is 0 Å². The van der Waals surface area contributed by atoms with Crippen LogP contribution < -0.4 is 10.0 Å². The van der Waals surface area contributed by atoms with Gasteiger partial charge in [0.15, 0.2) is 0 Å². The van der Waals surface area contributed by atoms with Crippen LogP contribution in [0.15, 0.2) is 71.6 Å². The summed E-state index contributed by atoms with van der Waals surface area (Å²) in [4.78, 5) is 12.6. The van der Waals surface area contributed by atoms with Crippen molar-refractivity contribution < 1.29 is 26.4 Å². The van der Waals surface area contributed by atoms with Gasteiger partial charge < -0.3 is 5.32 Å². The molecule has 3 aromatic carbocycles. The molecule has 3 rings (SSSR count). The van der Waals surface area contributed by atoms with E-state index in [-0.39, 0.29) is 22.7 Å². The van der Waals surface area contributed by atoms with Gasteiger partial charge >= 0.3 is 6.18 Å². The first-order valence-electron chi connectivity index (χ1n) is 9.60. The Kier molecular flexibility index (Phi) is 6.59. The minimum absolute atomic E-state index is 0.0851. The largest absolute Gasteiger partial charge is 0.416 e. The first-order chi connectivity index (χ1) is 15.0. The van der Waals surface area contributed by atoms with Crippen molar-refractivity contribution >= 4 is 21.6 Å². The Bertz CT molecular complexity index is 1240. The highest BCUT2D eigenvalue weighted by atomic mass is 32.2. The third-order valence-corrected chi connectivity index (χ3v) is 6.16. The summed E-state index contributed by atoms with van der Waals surface area (Å²) in [6.07, 6.45) is -4.47. The Balaban J connectivity index is 1.75. The highest BCUT2D eigenvalue weighted by Gasteiger charge is 2.30. The van der Waals surface area contributed by atoms with Gasteiger partial charge in [-0.05, 0) is 61.4 Å². The van der Waals surface area contributed by atoms with E-state index < -0.39 is 27.7 Å². The second-order valence-electron chi connectivity index (χ2n) is 7.33. The van der Waals surface area contributed by atoms with E-state index in [1.807, 2.05) is 6.92 Å². The van der Waals surface area contributed by atoms with Gasteiger partial charge in [-0.1, -0.05) is 35.9 Å². The first kappa shape index (κ1) is 23.3. The third-order valence-electron chi connectivity index (χ3n) is 4.78. The number of carbonyl (C=O) groups excluding carboxylic acids is 1. The molecule has 0 fully saturated rings. The zero-order valence-corrected chi connectivity index (χ0v) is 18.1. The van der Waals surface area contributed by atoms with E-state index in [4.69, 9.17) is 0 Å². The molecule has 0 heterocycles. The zero-order chi connectivity index (χ0) is 23.5. The molecule has 0 aliphatic heterocycles. The van der Waals surface area contributed by atoms with E-state index in [9.17, 15) is 26.4 Å². The smallest absolute Gasteiger partial charge is 0.348 e. The predicted molar refractivity (Wildman–Crippen MR) is 116 cm³/mol. The van der Waals surface area contributed by atoms with Crippen molar-refractivity contribution in [1.82, 2.24) is 5.32 Å². The molecular formula is C23H21F3N2O3S. The molecule has 0 radical (unpaired) electrons. The van der Waals surface area contributed by atoms with Crippen LogP contribution in [0.4, 0.5) is 18.9 Å². The van der Waals surface area contributed by atoms with Crippen molar-refractivity contribution in [3.8, 4) is 0 Å². The van der Waals surface area contributed by atoms with Crippen molar-refractivity contribution in [2.24, 2.45) is 0 Å². The Morgan fingerprint density at radius 2 is 1.62 bits per heavy atom. The number of nitrogens with one attached hydrogen (secondary N) is 2. The lowest BCUT2D eigenvalue weighted by molar-refractivity contribution is -0.137. The molecule has 3 aromatic rings. The predicted octanol–water partition coefficient (Wildman–Crippen LogP) is 5.05. The minimum atomic E-state index is -4.47. The molecule has 168 valence electrons.